The molecule has 6 heteroatoms. The molecule has 5 nitrogen and oxygen atoms in total. The van der Waals surface area contributed by atoms with E-state index in [1.165, 1.54) is 7.11 Å². The minimum atomic E-state index is -3.26. The Morgan fingerprint density at radius 2 is 1.94 bits per heavy atom. The van der Waals surface area contributed by atoms with Crippen LogP contribution >= 0.6 is 0 Å². The van der Waals surface area contributed by atoms with Crippen LogP contribution in [0, 0.1) is 0 Å². The van der Waals surface area contributed by atoms with Gasteiger partial charge in [0.2, 0.25) is 10.0 Å². The first kappa shape index (κ1) is 12.0. The van der Waals surface area contributed by atoms with E-state index in [-0.39, 0.29) is 5.25 Å². The molecule has 1 aromatic rings. The molecule has 0 spiro atoms. The van der Waals surface area contributed by atoms with Gasteiger partial charge in [-0.05, 0) is 25.0 Å². The van der Waals surface area contributed by atoms with E-state index in [0.29, 0.717) is 17.2 Å². The van der Waals surface area contributed by atoms with Crippen molar-refractivity contribution in [3.63, 3.8) is 0 Å². The maximum atomic E-state index is 11.8. The summed E-state index contributed by atoms with van der Waals surface area (Å²) in [6.45, 7) is 0. The van der Waals surface area contributed by atoms with Gasteiger partial charge >= 0.3 is 0 Å². The average Bonchev–Trinajstić information content (AvgIpc) is 3.13. The number of sulfonamides is 1. The van der Waals surface area contributed by atoms with Gasteiger partial charge in [-0.25, -0.2) is 8.42 Å². The highest BCUT2D eigenvalue weighted by molar-refractivity contribution is 7.93. The number of hydrogen-bond donors (Lipinski definition) is 1. The largest absolute Gasteiger partial charge is 0.497 e. The number of benzene rings is 1. The molecule has 1 aliphatic carbocycles. The molecule has 94 valence electrons. The predicted octanol–water partition coefficient (Wildman–Crippen LogP) is 1.61. The first-order valence-corrected chi connectivity index (χ1v) is 6.85. The Hall–Kier alpha value is -1.43. The van der Waals surface area contributed by atoms with E-state index in [4.69, 9.17) is 9.47 Å². The van der Waals surface area contributed by atoms with Crippen molar-refractivity contribution in [2.24, 2.45) is 0 Å². The summed E-state index contributed by atoms with van der Waals surface area (Å²) in [6.07, 6.45) is 1.46. The molecule has 1 aliphatic rings. The maximum Gasteiger partial charge on any atom is 0.235 e. The van der Waals surface area contributed by atoms with Crippen LogP contribution in [0.25, 0.3) is 0 Å². The van der Waals surface area contributed by atoms with Gasteiger partial charge in [-0.1, -0.05) is 0 Å². The fraction of sp³-hybridized carbons (Fsp3) is 0.455. The summed E-state index contributed by atoms with van der Waals surface area (Å²) < 4.78 is 36.3. The lowest BCUT2D eigenvalue weighted by Gasteiger charge is -2.12. The van der Waals surface area contributed by atoms with Gasteiger partial charge in [-0.15, -0.1) is 0 Å². The molecule has 1 N–H and O–H groups in total. The summed E-state index contributed by atoms with van der Waals surface area (Å²) in [5, 5.41) is -0.255. The van der Waals surface area contributed by atoms with Crippen LogP contribution in [0.2, 0.25) is 0 Å². The first-order valence-electron chi connectivity index (χ1n) is 5.30. The quantitative estimate of drug-likeness (QED) is 0.870. The molecule has 1 fully saturated rings. The normalized spacial score (nSPS) is 15.4. The van der Waals surface area contributed by atoms with E-state index in [1.54, 1.807) is 25.3 Å². The Morgan fingerprint density at radius 1 is 1.24 bits per heavy atom. The van der Waals surface area contributed by atoms with Crippen LogP contribution in [0.4, 0.5) is 5.69 Å². The van der Waals surface area contributed by atoms with E-state index in [0.717, 1.165) is 12.8 Å². The smallest absolute Gasteiger partial charge is 0.235 e. The second-order valence-corrected chi connectivity index (χ2v) is 5.87. The van der Waals surface area contributed by atoms with Crippen LogP contribution in [-0.2, 0) is 10.0 Å². The maximum absolute atomic E-state index is 11.8. The highest BCUT2D eigenvalue weighted by Gasteiger charge is 2.36. The summed E-state index contributed by atoms with van der Waals surface area (Å²) in [5.74, 6) is 1.07. The van der Waals surface area contributed by atoms with Gasteiger partial charge in [-0.2, -0.15) is 0 Å². The van der Waals surface area contributed by atoms with E-state index in [2.05, 4.69) is 4.72 Å². The molecule has 1 saturated carbocycles. The molecule has 0 unspecified atom stereocenters. The highest BCUT2D eigenvalue weighted by atomic mass is 32.2. The molecular weight excluding hydrogens is 242 g/mol. The summed E-state index contributed by atoms with van der Waals surface area (Å²) in [6, 6.07) is 4.97. The predicted molar refractivity (Wildman–Crippen MR) is 65.1 cm³/mol. The molecule has 0 radical (unpaired) electrons. The Balaban J connectivity index is 2.26. The highest BCUT2D eigenvalue weighted by Crippen LogP contribution is 2.34. The van der Waals surface area contributed by atoms with Gasteiger partial charge in [0.25, 0.3) is 0 Å². The molecule has 17 heavy (non-hydrogen) atoms. The Bertz CT molecular complexity index is 508. The van der Waals surface area contributed by atoms with Gasteiger partial charge < -0.3 is 9.47 Å². The minimum Gasteiger partial charge on any atom is -0.497 e. The summed E-state index contributed by atoms with van der Waals surface area (Å²) in [5.41, 5.74) is 0.445. The number of nitrogens with one attached hydrogen (secondary N) is 1. The molecule has 1 aromatic carbocycles. The molecule has 0 aromatic heterocycles. The Morgan fingerprint density at radius 3 is 2.47 bits per heavy atom. The fourth-order valence-electron chi connectivity index (χ4n) is 1.50. The summed E-state index contributed by atoms with van der Waals surface area (Å²) in [7, 11) is -0.229. The van der Waals surface area contributed by atoms with Crippen LogP contribution in [0.1, 0.15) is 12.8 Å². The van der Waals surface area contributed by atoms with Crippen LogP contribution in [0.5, 0.6) is 11.5 Å². The van der Waals surface area contributed by atoms with Crippen molar-refractivity contribution in [2.45, 2.75) is 18.1 Å². The molecule has 0 heterocycles. The standard InChI is InChI=1S/C11H15NO4S/c1-15-8-3-6-10(11(7-8)16-2)12-17(13,14)9-4-5-9/h3,6-7,9,12H,4-5H2,1-2H3. The Labute approximate surface area is 101 Å². The number of methoxy groups -OCH3 is 2. The molecule has 2 rings (SSSR count). The molecule has 0 aliphatic heterocycles. The van der Waals surface area contributed by atoms with E-state index in [9.17, 15) is 8.42 Å². The Kier molecular flexibility index (Phi) is 3.15. The van der Waals surface area contributed by atoms with E-state index < -0.39 is 10.0 Å². The van der Waals surface area contributed by atoms with Crippen LogP contribution in [0.15, 0.2) is 18.2 Å². The lowest BCUT2D eigenvalue weighted by Crippen LogP contribution is -2.17. The van der Waals surface area contributed by atoms with Gasteiger partial charge in [0.05, 0.1) is 25.2 Å². The van der Waals surface area contributed by atoms with Gasteiger partial charge in [0.1, 0.15) is 11.5 Å². The number of rotatable bonds is 5. The van der Waals surface area contributed by atoms with Gasteiger partial charge in [0.15, 0.2) is 0 Å². The third kappa shape index (κ3) is 2.63. The third-order valence-corrected chi connectivity index (χ3v) is 4.48. The van der Waals surface area contributed by atoms with Crippen molar-refractivity contribution < 1.29 is 17.9 Å². The fourth-order valence-corrected chi connectivity index (χ4v) is 2.90. The molecular formula is C11H15NO4S. The van der Waals surface area contributed by atoms with Crippen molar-refractivity contribution in [2.75, 3.05) is 18.9 Å². The number of ether oxygens (including phenoxy) is 2. The van der Waals surface area contributed by atoms with Crippen molar-refractivity contribution in [3.05, 3.63) is 18.2 Å². The number of anilines is 1. The van der Waals surface area contributed by atoms with Crippen molar-refractivity contribution in [1.29, 1.82) is 0 Å². The van der Waals surface area contributed by atoms with Gasteiger partial charge in [0, 0.05) is 6.07 Å². The average molecular weight is 257 g/mol. The SMILES string of the molecule is COc1ccc(NS(=O)(=O)C2CC2)c(OC)c1. The zero-order valence-corrected chi connectivity index (χ0v) is 10.6. The van der Waals surface area contributed by atoms with Crippen LogP contribution in [-0.4, -0.2) is 27.9 Å². The van der Waals surface area contributed by atoms with Gasteiger partial charge in [-0.3, -0.25) is 4.72 Å². The number of hydrogen-bond acceptors (Lipinski definition) is 4. The van der Waals surface area contributed by atoms with Crippen molar-refractivity contribution in [1.82, 2.24) is 0 Å². The zero-order chi connectivity index (χ0) is 12.5. The first-order chi connectivity index (χ1) is 8.06. The lowest BCUT2D eigenvalue weighted by atomic mass is 10.3. The second kappa shape index (κ2) is 4.44. The van der Waals surface area contributed by atoms with E-state index >= 15 is 0 Å². The van der Waals surface area contributed by atoms with Crippen molar-refractivity contribution in [3.8, 4) is 11.5 Å². The topological polar surface area (TPSA) is 64.6 Å². The summed E-state index contributed by atoms with van der Waals surface area (Å²) in [4.78, 5) is 0. The third-order valence-electron chi connectivity index (χ3n) is 2.62. The lowest BCUT2D eigenvalue weighted by molar-refractivity contribution is 0.395. The molecule has 0 atom stereocenters. The second-order valence-electron chi connectivity index (χ2n) is 3.91. The van der Waals surface area contributed by atoms with Crippen LogP contribution < -0.4 is 14.2 Å². The minimum absolute atomic E-state index is 0.255. The summed E-state index contributed by atoms with van der Waals surface area (Å²) >= 11 is 0. The van der Waals surface area contributed by atoms with Crippen LogP contribution in [0.3, 0.4) is 0 Å². The van der Waals surface area contributed by atoms with Crippen molar-refractivity contribution >= 4 is 15.7 Å². The molecule has 0 amide bonds. The van der Waals surface area contributed by atoms with E-state index in [1.807, 2.05) is 0 Å². The molecule has 0 bridgehead atoms. The molecule has 0 saturated heterocycles. The zero-order valence-electron chi connectivity index (χ0n) is 9.76. The monoisotopic (exact) mass is 257 g/mol.